The van der Waals surface area contributed by atoms with Gasteiger partial charge in [-0.05, 0) is 41.5 Å². The minimum absolute atomic E-state index is 0.103. The Morgan fingerprint density at radius 1 is 0.958 bits per heavy atom. The number of hydrogen-bond acceptors (Lipinski definition) is 2. The zero-order valence-corrected chi connectivity index (χ0v) is 13.2. The van der Waals surface area contributed by atoms with Crippen molar-refractivity contribution >= 4 is 37.2 Å². The summed E-state index contributed by atoms with van der Waals surface area (Å²) in [5.41, 5.74) is 1.32. The fourth-order valence-corrected chi connectivity index (χ4v) is 3.93. The third kappa shape index (κ3) is 2.13. The molecule has 0 radical (unpaired) electrons. The van der Waals surface area contributed by atoms with Crippen LogP contribution in [0.2, 0.25) is 0 Å². The predicted molar refractivity (Wildman–Crippen MR) is 95.7 cm³/mol. The largest absolute Gasteiger partial charge is 0.235 e. The maximum Gasteiger partial charge on any atom is 0.224 e. The van der Waals surface area contributed by atoms with E-state index in [1.165, 1.54) is 26.9 Å². The van der Waals surface area contributed by atoms with Crippen molar-refractivity contribution < 1.29 is 4.39 Å². The molecule has 0 aliphatic rings. The van der Waals surface area contributed by atoms with Crippen LogP contribution in [0.5, 0.6) is 0 Å². The molecular formula is C20H9FN2S. The summed E-state index contributed by atoms with van der Waals surface area (Å²) in [7, 11) is 0. The predicted octanol–water partition coefficient (Wildman–Crippen LogP) is 6.28. The van der Waals surface area contributed by atoms with Gasteiger partial charge in [0.1, 0.15) is 11.9 Å². The first-order valence-corrected chi connectivity index (χ1v) is 8.05. The smallest absolute Gasteiger partial charge is 0.224 e. The third-order valence-electron chi connectivity index (χ3n) is 4.00. The highest BCUT2D eigenvalue weighted by Crippen LogP contribution is 2.37. The van der Waals surface area contributed by atoms with Crippen LogP contribution in [0.4, 0.5) is 10.1 Å². The molecule has 24 heavy (non-hydrogen) atoms. The molecule has 1 heterocycles. The second-order valence-corrected chi connectivity index (χ2v) is 6.47. The molecule has 4 heteroatoms. The Balaban J connectivity index is 1.99. The molecule has 0 bridgehead atoms. The van der Waals surface area contributed by atoms with Crippen molar-refractivity contribution in [2.45, 2.75) is 0 Å². The van der Waals surface area contributed by atoms with Gasteiger partial charge in [-0.15, -0.1) is 11.3 Å². The second kappa shape index (κ2) is 5.45. The van der Waals surface area contributed by atoms with E-state index in [-0.39, 0.29) is 11.3 Å². The second-order valence-electron chi connectivity index (χ2n) is 5.39. The van der Waals surface area contributed by atoms with Crippen LogP contribution < -0.4 is 0 Å². The highest BCUT2D eigenvalue weighted by Gasteiger charge is 2.13. The van der Waals surface area contributed by atoms with E-state index >= 15 is 0 Å². The molecule has 2 nitrogen and oxygen atoms in total. The number of nitrogens with zero attached hydrogens (tertiary/aromatic N) is 2. The highest BCUT2D eigenvalue weighted by molar-refractivity contribution is 7.25. The molecular weight excluding hydrogens is 319 g/mol. The van der Waals surface area contributed by atoms with E-state index < -0.39 is 5.82 Å². The van der Waals surface area contributed by atoms with Crippen molar-refractivity contribution in [2.75, 3.05) is 0 Å². The number of nitriles is 1. The number of hydrogen-bond donors (Lipinski definition) is 0. The van der Waals surface area contributed by atoms with E-state index in [0.29, 0.717) is 5.56 Å². The minimum atomic E-state index is -0.752. The Morgan fingerprint density at radius 3 is 2.54 bits per heavy atom. The molecule has 0 unspecified atom stereocenters. The van der Waals surface area contributed by atoms with Crippen molar-refractivity contribution in [3.8, 4) is 17.2 Å². The van der Waals surface area contributed by atoms with Crippen LogP contribution in [-0.4, -0.2) is 0 Å². The van der Waals surface area contributed by atoms with Gasteiger partial charge in [-0.2, -0.15) is 5.26 Å². The lowest BCUT2D eigenvalue weighted by Gasteiger charge is -2.05. The van der Waals surface area contributed by atoms with Crippen molar-refractivity contribution in [3.05, 3.63) is 77.4 Å². The average Bonchev–Trinajstić information content (AvgIpc) is 2.99. The molecule has 0 aliphatic carbocycles. The average molecular weight is 328 g/mol. The molecule has 1 aromatic heterocycles. The normalized spacial score (nSPS) is 10.6. The van der Waals surface area contributed by atoms with Gasteiger partial charge >= 0.3 is 0 Å². The SMILES string of the molecule is [C-]#[N+]c1cc(-c2ccc3sc4ccccc4c3c2)cc(C#N)c1F. The van der Waals surface area contributed by atoms with Crippen LogP contribution in [-0.2, 0) is 0 Å². The van der Waals surface area contributed by atoms with Crippen molar-refractivity contribution in [1.29, 1.82) is 5.26 Å². The van der Waals surface area contributed by atoms with Crippen LogP contribution in [0.3, 0.4) is 0 Å². The number of halogens is 1. The Labute approximate surface area is 141 Å². The maximum atomic E-state index is 13.9. The molecule has 0 fully saturated rings. The molecule has 0 N–H and O–H groups in total. The first kappa shape index (κ1) is 14.4. The minimum Gasteiger partial charge on any atom is -0.235 e. The molecule has 4 rings (SSSR count). The summed E-state index contributed by atoms with van der Waals surface area (Å²) in [6, 6.07) is 19.0. The summed E-state index contributed by atoms with van der Waals surface area (Å²) in [6.45, 7) is 7.11. The van der Waals surface area contributed by atoms with Gasteiger partial charge in [0.25, 0.3) is 0 Å². The monoisotopic (exact) mass is 328 g/mol. The van der Waals surface area contributed by atoms with Gasteiger partial charge in [0.15, 0.2) is 0 Å². The van der Waals surface area contributed by atoms with Gasteiger partial charge in [0.05, 0.1) is 12.1 Å². The molecule has 3 aromatic carbocycles. The molecule has 0 aliphatic heterocycles. The Morgan fingerprint density at radius 2 is 1.75 bits per heavy atom. The summed E-state index contributed by atoms with van der Waals surface area (Å²) < 4.78 is 16.3. The summed E-state index contributed by atoms with van der Waals surface area (Å²) in [4.78, 5) is 3.19. The van der Waals surface area contributed by atoms with Gasteiger partial charge < -0.3 is 0 Å². The summed E-state index contributed by atoms with van der Waals surface area (Å²) in [5.74, 6) is -0.752. The fourth-order valence-electron chi connectivity index (χ4n) is 2.84. The van der Waals surface area contributed by atoms with Crippen LogP contribution in [0.1, 0.15) is 5.56 Å². The topological polar surface area (TPSA) is 28.1 Å². The first-order valence-electron chi connectivity index (χ1n) is 7.24. The fraction of sp³-hybridized carbons (Fsp3) is 0. The third-order valence-corrected chi connectivity index (χ3v) is 5.16. The molecule has 112 valence electrons. The maximum absolute atomic E-state index is 13.9. The Bertz CT molecular complexity index is 1160. The van der Waals surface area contributed by atoms with Crippen molar-refractivity contribution in [1.82, 2.24) is 0 Å². The number of thiophene rings is 1. The van der Waals surface area contributed by atoms with Gasteiger partial charge in [0.2, 0.25) is 5.69 Å². The lowest BCUT2D eigenvalue weighted by Crippen LogP contribution is -1.87. The molecule has 4 aromatic rings. The summed E-state index contributed by atoms with van der Waals surface area (Å²) in [5, 5.41) is 11.4. The van der Waals surface area contributed by atoms with Gasteiger partial charge in [-0.1, -0.05) is 24.3 Å². The standard InChI is InChI=1S/C20H9FN2S/c1-23-17-10-13(8-14(11-22)20(17)21)12-6-7-19-16(9-12)15-4-2-3-5-18(15)24-19/h2-10H. The van der Waals surface area contributed by atoms with E-state index in [0.717, 1.165) is 10.9 Å². The van der Waals surface area contributed by atoms with Crippen LogP contribution in [0.15, 0.2) is 54.6 Å². The van der Waals surface area contributed by atoms with E-state index in [9.17, 15) is 4.39 Å². The Hall–Kier alpha value is -3.21. The zero-order valence-electron chi connectivity index (χ0n) is 12.4. The number of rotatable bonds is 1. The van der Waals surface area contributed by atoms with E-state index in [2.05, 4.69) is 17.0 Å². The molecule has 0 spiro atoms. The quantitative estimate of drug-likeness (QED) is 0.378. The molecule has 0 amide bonds. The van der Waals surface area contributed by atoms with Gasteiger partial charge in [0, 0.05) is 20.2 Å². The van der Waals surface area contributed by atoms with E-state index in [1.807, 2.05) is 36.4 Å². The van der Waals surface area contributed by atoms with Crippen LogP contribution in [0, 0.1) is 23.7 Å². The van der Waals surface area contributed by atoms with Crippen molar-refractivity contribution in [2.24, 2.45) is 0 Å². The van der Waals surface area contributed by atoms with E-state index in [4.69, 9.17) is 11.8 Å². The number of fused-ring (bicyclic) bond motifs is 3. The summed E-state index contributed by atoms with van der Waals surface area (Å²) in [6.07, 6.45) is 0. The zero-order chi connectivity index (χ0) is 16.7. The molecule has 0 saturated heterocycles. The summed E-state index contributed by atoms with van der Waals surface area (Å²) >= 11 is 1.72. The van der Waals surface area contributed by atoms with Gasteiger partial charge in [-0.25, -0.2) is 9.24 Å². The lowest BCUT2D eigenvalue weighted by molar-refractivity contribution is 0.630. The Kier molecular flexibility index (Phi) is 3.27. The van der Waals surface area contributed by atoms with E-state index in [1.54, 1.807) is 11.3 Å². The molecule has 0 saturated carbocycles. The molecule has 0 atom stereocenters. The highest BCUT2D eigenvalue weighted by atomic mass is 32.1. The first-order chi connectivity index (χ1) is 11.7. The lowest BCUT2D eigenvalue weighted by atomic mass is 10.00. The van der Waals surface area contributed by atoms with Gasteiger partial charge in [-0.3, -0.25) is 0 Å². The van der Waals surface area contributed by atoms with Crippen molar-refractivity contribution in [3.63, 3.8) is 0 Å². The number of benzene rings is 3. The van der Waals surface area contributed by atoms with Crippen LogP contribution >= 0.6 is 11.3 Å². The van der Waals surface area contributed by atoms with Crippen LogP contribution in [0.25, 0.3) is 36.1 Å².